The van der Waals surface area contributed by atoms with Gasteiger partial charge in [0.2, 0.25) is 0 Å². The van der Waals surface area contributed by atoms with Crippen LogP contribution in [0, 0.1) is 12.3 Å². The van der Waals surface area contributed by atoms with Crippen molar-refractivity contribution in [1.82, 2.24) is 0 Å². The minimum atomic E-state index is 0.224. The molecule has 0 saturated carbocycles. The van der Waals surface area contributed by atoms with Crippen molar-refractivity contribution in [1.29, 1.82) is 0 Å². The Hall–Kier alpha value is -2.11. The van der Waals surface area contributed by atoms with E-state index < -0.39 is 0 Å². The summed E-state index contributed by atoms with van der Waals surface area (Å²) in [5.41, 5.74) is 2.16. The van der Waals surface area contributed by atoms with E-state index in [0.717, 1.165) is 11.3 Å². The highest BCUT2D eigenvalue weighted by molar-refractivity contribution is 6.32. The molecule has 0 spiro atoms. The number of benzene rings is 2. The monoisotopic (exact) mass is 271 g/mol. The number of hydrogen-bond donors (Lipinski definition) is 1. The molecule has 0 unspecified atom stereocenters. The standard InChI is InChI=1S/C16H14ClNO/c1-2-10-19-16-9-8-13(11-15(16)17)12-18-14-6-4-3-5-7-14/h1,3-9,11,18H,10,12H2. The Morgan fingerprint density at radius 1 is 1.16 bits per heavy atom. The quantitative estimate of drug-likeness (QED) is 0.831. The van der Waals surface area contributed by atoms with Crippen molar-refractivity contribution in [2.24, 2.45) is 0 Å². The van der Waals surface area contributed by atoms with Crippen LogP contribution in [0.2, 0.25) is 5.02 Å². The summed E-state index contributed by atoms with van der Waals surface area (Å²) in [4.78, 5) is 0. The smallest absolute Gasteiger partial charge is 0.148 e. The molecular weight excluding hydrogens is 258 g/mol. The summed E-state index contributed by atoms with van der Waals surface area (Å²) >= 11 is 6.13. The van der Waals surface area contributed by atoms with E-state index >= 15 is 0 Å². The molecule has 0 aliphatic heterocycles. The summed E-state index contributed by atoms with van der Waals surface area (Å²) in [5.74, 6) is 3.03. The van der Waals surface area contributed by atoms with Crippen molar-refractivity contribution in [3.05, 3.63) is 59.1 Å². The number of anilines is 1. The predicted molar refractivity (Wildman–Crippen MR) is 79.5 cm³/mol. The highest BCUT2D eigenvalue weighted by Crippen LogP contribution is 2.25. The predicted octanol–water partition coefficient (Wildman–Crippen LogP) is 3.96. The zero-order valence-corrected chi connectivity index (χ0v) is 11.2. The Labute approximate surface area is 118 Å². The molecule has 2 nitrogen and oxygen atoms in total. The average Bonchev–Trinajstić information content (AvgIpc) is 2.45. The largest absolute Gasteiger partial charge is 0.479 e. The van der Waals surface area contributed by atoms with Crippen LogP contribution in [0.1, 0.15) is 5.56 Å². The maximum atomic E-state index is 6.13. The SMILES string of the molecule is C#CCOc1ccc(CNc2ccccc2)cc1Cl. The Bertz CT molecular complexity index is 575. The molecule has 3 heteroatoms. The molecular formula is C16H14ClNO. The highest BCUT2D eigenvalue weighted by Gasteiger charge is 2.02. The van der Waals surface area contributed by atoms with Gasteiger partial charge in [-0.05, 0) is 29.8 Å². The first-order valence-corrected chi connectivity index (χ1v) is 6.31. The Kier molecular flexibility index (Phi) is 4.72. The summed E-state index contributed by atoms with van der Waals surface area (Å²) in [5, 5.41) is 3.89. The van der Waals surface area contributed by atoms with Gasteiger partial charge >= 0.3 is 0 Å². The van der Waals surface area contributed by atoms with Crippen molar-refractivity contribution in [2.75, 3.05) is 11.9 Å². The van der Waals surface area contributed by atoms with E-state index in [1.54, 1.807) is 0 Å². The summed E-state index contributed by atoms with van der Waals surface area (Å²) < 4.78 is 5.32. The van der Waals surface area contributed by atoms with Crippen molar-refractivity contribution >= 4 is 17.3 Å². The van der Waals surface area contributed by atoms with Crippen LogP contribution < -0.4 is 10.1 Å². The topological polar surface area (TPSA) is 21.3 Å². The van der Waals surface area contributed by atoms with Gasteiger partial charge in [0, 0.05) is 12.2 Å². The second kappa shape index (κ2) is 6.72. The van der Waals surface area contributed by atoms with Crippen LogP contribution >= 0.6 is 11.6 Å². The summed E-state index contributed by atoms with van der Waals surface area (Å²) in [6.45, 7) is 0.931. The third kappa shape index (κ3) is 3.94. The molecule has 0 bridgehead atoms. The van der Waals surface area contributed by atoms with Gasteiger partial charge in [0.25, 0.3) is 0 Å². The minimum Gasteiger partial charge on any atom is -0.479 e. The molecule has 0 aliphatic carbocycles. The molecule has 0 atom stereocenters. The normalized spacial score (nSPS) is 9.68. The molecule has 19 heavy (non-hydrogen) atoms. The number of nitrogens with one attached hydrogen (secondary N) is 1. The number of halogens is 1. The number of para-hydroxylation sites is 1. The Balaban J connectivity index is 1.98. The molecule has 0 aliphatic rings. The molecule has 0 radical (unpaired) electrons. The zero-order valence-electron chi connectivity index (χ0n) is 10.4. The average molecular weight is 272 g/mol. The maximum absolute atomic E-state index is 6.13. The summed E-state index contributed by atoms with van der Waals surface area (Å²) in [7, 11) is 0. The lowest BCUT2D eigenvalue weighted by molar-refractivity contribution is 0.370. The van der Waals surface area contributed by atoms with Gasteiger partial charge in [-0.3, -0.25) is 0 Å². The van der Waals surface area contributed by atoms with E-state index in [4.69, 9.17) is 22.8 Å². The molecule has 1 N–H and O–H groups in total. The van der Waals surface area contributed by atoms with Crippen molar-refractivity contribution in [3.8, 4) is 18.1 Å². The number of hydrogen-bond acceptors (Lipinski definition) is 2. The maximum Gasteiger partial charge on any atom is 0.148 e. The zero-order chi connectivity index (χ0) is 13.5. The van der Waals surface area contributed by atoms with Gasteiger partial charge in [-0.2, -0.15) is 0 Å². The number of ether oxygens (including phenoxy) is 1. The van der Waals surface area contributed by atoms with Crippen LogP contribution in [0.5, 0.6) is 5.75 Å². The number of rotatable bonds is 5. The minimum absolute atomic E-state index is 0.224. The lowest BCUT2D eigenvalue weighted by atomic mass is 10.2. The number of terminal acetylenes is 1. The van der Waals surface area contributed by atoms with Gasteiger partial charge in [0.05, 0.1) is 5.02 Å². The molecule has 2 rings (SSSR count). The van der Waals surface area contributed by atoms with Crippen LogP contribution in [0.4, 0.5) is 5.69 Å². The third-order valence-corrected chi connectivity index (χ3v) is 2.87. The second-order valence-corrected chi connectivity index (χ2v) is 4.38. The van der Waals surface area contributed by atoms with Gasteiger partial charge in [-0.15, -0.1) is 6.42 Å². The van der Waals surface area contributed by atoms with Gasteiger partial charge in [-0.25, -0.2) is 0 Å². The van der Waals surface area contributed by atoms with E-state index in [2.05, 4.69) is 11.2 Å². The third-order valence-electron chi connectivity index (χ3n) is 2.58. The van der Waals surface area contributed by atoms with Crippen LogP contribution in [-0.2, 0) is 6.54 Å². The Morgan fingerprint density at radius 3 is 2.63 bits per heavy atom. The fourth-order valence-corrected chi connectivity index (χ4v) is 1.91. The molecule has 0 fully saturated rings. The van der Waals surface area contributed by atoms with E-state index in [-0.39, 0.29) is 6.61 Å². The van der Waals surface area contributed by atoms with Gasteiger partial charge in [0.15, 0.2) is 0 Å². The van der Waals surface area contributed by atoms with Crippen LogP contribution in [0.25, 0.3) is 0 Å². The van der Waals surface area contributed by atoms with Gasteiger partial charge < -0.3 is 10.1 Å². The van der Waals surface area contributed by atoms with Crippen molar-refractivity contribution < 1.29 is 4.74 Å². The van der Waals surface area contributed by atoms with E-state index in [1.807, 2.05) is 48.5 Å². The van der Waals surface area contributed by atoms with E-state index in [1.165, 1.54) is 0 Å². The van der Waals surface area contributed by atoms with Gasteiger partial charge in [-0.1, -0.05) is 41.8 Å². The molecule has 0 heterocycles. The first-order valence-electron chi connectivity index (χ1n) is 5.93. The second-order valence-electron chi connectivity index (χ2n) is 3.98. The fraction of sp³-hybridized carbons (Fsp3) is 0.125. The van der Waals surface area contributed by atoms with Crippen molar-refractivity contribution in [2.45, 2.75) is 6.54 Å². The van der Waals surface area contributed by atoms with E-state index in [9.17, 15) is 0 Å². The summed E-state index contributed by atoms with van der Waals surface area (Å²) in [6.07, 6.45) is 5.14. The lowest BCUT2D eigenvalue weighted by Gasteiger charge is -2.09. The molecule has 96 valence electrons. The first kappa shape index (κ1) is 13.3. The molecule has 0 amide bonds. The van der Waals surface area contributed by atoms with Crippen LogP contribution in [-0.4, -0.2) is 6.61 Å². The molecule has 2 aromatic rings. The summed E-state index contributed by atoms with van der Waals surface area (Å²) in [6, 6.07) is 15.7. The van der Waals surface area contributed by atoms with E-state index in [0.29, 0.717) is 17.3 Å². The molecule has 0 saturated heterocycles. The van der Waals surface area contributed by atoms with Crippen molar-refractivity contribution in [3.63, 3.8) is 0 Å². The molecule has 2 aromatic carbocycles. The fourth-order valence-electron chi connectivity index (χ4n) is 1.65. The highest BCUT2D eigenvalue weighted by atomic mass is 35.5. The van der Waals surface area contributed by atoms with Gasteiger partial charge in [0.1, 0.15) is 12.4 Å². The molecule has 0 aromatic heterocycles. The Morgan fingerprint density at radius 2 is 1.95 bits per heavy atom. The van der Waals surface area contributed by atoms with Crippen LogP contribution in [0.15, 0.2) is 48.5 Å². The van der Waals surface area contributed by atoms with Crippen LogP contribution in [0.3, 0.4) is 0 Å². The lowest BCUT2D eigenvalue weighted by Crippen LogP contribution is -2.00. The first-order chi connectivity index (χ1) is 9.29.